The molecule has 1 heterocycles. The molecule has 5 heteroatoms. The largest absolute Gasteiger partial charge is 0.481 e. The van der Waals surface area contributed by atoms with Gasteiger partial charge in [-0.05, 0) is 25.3 Å². The Bertz CT molecular complexity index is 488. The number of amides is 1. The zero-order chi connectivity index (χ0) is 15.2. The third-order valence-electron chi connectivity index (χ3n) is 3.73. The summed E-state index contributed by atoms with van der Waals surface area (Å²) < 4.78 is 5.42. The SMILES string of the molecule is CC1CC(C(=O)NC(CCC(=O)O)c2ccccc2)CO1. The van der Waals surface area contributed by atoms with Gasteiger partial charge in [-0.25, -0.2) is 0 Å². The zero-order valence-corrected chi connectivity index (χ0v) is 12.1. The van der Waals surface area contributed by atoms with Crippen LogP contribution in [0, 0.1) is 5.92 Å². The summed E-state index contributed by atoms with van der Waals surface area (Å²) >= 11 is 0. The maximum atomic E-state index is 12.3. The Hall–Kier alpha value is -1.88. The van der Waals surface area contributed by atoms with Crippen LogP contribution in [0.15, 0.2) is 30.3 Å². The zero-order valence-electron chi connectivity index (χ0n) is 12.1. The normalized spacial score (nSPS) is 22.7. The Kier molecular flexibility index (Phi) is 5.33. The molecule has 5 nitrogen and oxygen atoms in total. The van der Waals surface area contributed by atoms with E-state index >= 15 is 0 Å². The van der Waals surface area contributed by atoms with Crippen LogP contribution in [0.1, 0.15) is 37.8 Å². The van der Waals surface area contributed by atoms with Gasteiger partial charge in [0.1, 0.15) is 0 Å². The second-order valence-corrected chi connectivity index (χ2v) is 5.48. The van der Waals surface area contributed by atoms with E-state index in [9.17, 15) is 9.59 Å². The molecule has 1 aromatic rings. The number of hydrogen-bond acceptors (Lipinski definition) is 3. The standard InChI is InChI=1S/C16H21NO4/c1-11-9-13(10-21-11)16(20)17-14(7-8-15(18)19)12-5-3-2-4-6-12/h2-6,11,13-14H,7-10H2,1H3,(H,17,20)(H,18,19). The summed E-state index contributed by atoms with van der Waals surface area (Å²) in [7, 11) is 0. The third-order valence-corrected chi connectivity index (χ3v) is 3.73. The number of carboxylic acids is 1. The van der Waals surface area contributed by atoms with Crippen molar-refractivity contribution >= 4 is 11.9 Å². The molecule has 2 rings (SSSR count). The van der Waals surface area contributed by atoms with Crippen molar-refractivity contribution in [1.29, 1.82) is 0 Å². The van der Waals surface area contributed by atoms with Crippen LogP contribution >= 0.6 is 0 Å². The average molecular weight is 291 g/mol. The maximum absolute atomic E-state index is 12.3. The Morgan fingerprint density at radius 3 is 2.67 bits per heavy atom. The number of hydrogen-bond donors (Lipinski definition) is 2. The molecular weight excluding hydrogens is 270 g/mol. The fourth-order valence-electron chi connectivity index (χ4n) is 2.56. The van der Waals surface area contributed by atoms with E-state index in [2.05, 4.69) is 5.32 Å². The highest BCUT2D eigenvalue weighted by molar-refractivity contribution is 5.79. The molecule has 21 heavy (non-hydrogen) atoms. The number of benzene rings is 1. The van der Waals surface area contributed by atoms with Gasteiger partial charge in [0.25, 0.3) is 0 Å². The number of nitrogens with one attached hydrogen (secondary N) is 1. The Morgan fingerprint density at radius 2 is 2.10 bits per heavy atom. The lowest BCUT2D eigenvalue weighted by molar-refractivity contribution is -0.137. The van der Waals surface area contributed by atoms with Gasteiger partial charge in [0, 0.05) is 6.42 Å². The van der Waals surface area contributed by atoms with E-state index in [0.29, 0.717) is 19.4 Å². The first kappa shape index (κ1) is 15.5. The second kappa shape index (κ2) is 7.22. The van der Waals surface area contributed by atoms with E-state index in [1.165, 1.54) is 0 Å². The van der Waals surface area contributed by atoms with Gasteiger partial charge in [-0.3, -0.25) is 9.59 Å². The fraction of sp³-hybridized carbons (Fsp3) is 0.500. The van der Waals surface area contributed by atoms with Crippen molar-refractivity contribution in [2.75, 3.05) is 6.61 Å². The van der Waals surface area contributed by atoms with Crippen LogP contribution in [0.2, 0.25) is 0 Å². The molecule has 0 radical (unpaired) electrons. The van der Waals surface area contributed by atoms with Crippen molar-refractivity contribution in [3.8, 4) is 0 Å². The molecule has 0 bridgehead atoms. The number of carbonyl (C=O) groups is 2. The molecule has 3 atom stereocenters. The number of rotatable bonds is 6. The molecule has 114 valence electrons. The molecule has 0 aromatic heterocycles. The molecule has 0 spiro atoms. The molecule has 1 aliphatic rings. The molecule has 1 aliphatic heterocycles. The summed E-state index contributed by atoms with van der Waals surface area (Å²) in [5.41, 5.74) is 0.930. The van der Waals surface area contributed by atoms with E-state index in [-0.39, 0.29) is 30.4 Å². The van der Waals surface area contributed by atoms with E-state index in [4.69, 9.17) is 9.84 Å². The predicted octanol–water partition coefficient (Wildman–Crippen LogP) is 2.13. The van der Waals surface area contributed by atoms with Crippen molar-refractivity contribution in [1.82, 2.24) is 5.32 Å². The van der Waals surface area contributed by atoms with Gasteiger partial charge in [-0.2, -0.15) is 0 Å². The maximum Gasteiger partial charge on any atom is 0.303 e. The Labute approximate surface area is 124 Å². The van der Waals surface area contributed by atoms with Crippen LogP contribution in [-0.2, 0) is 14.3 Å². The van der Waals surface area contributed by atoms with Crippen LogP contribution < -0.4 is 5.32 Å². The number of carboxylic acid groups (broad SMARTS) is 1. The van der Waals surface area contributed by atoms with E-state index < -0.39 is 5.97 Å². The van der Waals surface area contributed by atoms with Crippen LogP contribution in [0.25, 0.3) is 0 Å². The monoisotopic (exact) mass is 291 g/mol. The summed E-state index contributed by atoms with van der Waals surface area (Å²) in [6.07, 6.45) is 1.23. The molecule has 0 aliphatic carbocycles. The smallest absolute Gasteiger partial charge is 0.303 e. The lowest BCUT2D eigenvalue weighted by atomic mass is 9.99. The van der Waals surface area contributed by atoms with Gasteiger partial charge in [0.15, 0.2) is 0 Å². The van der Waals surface area contributed by atoms with Gasteiger partial charge >= 0.3 is 5.97 Å². The summed E-state index contributed by atoms with van der Waals surface area (Å²) in [5, 5.41) is 11.8. The van der Waals surface area contributed by atoms with E-state index in [0.717, 1.165) is 5.56 Å². The highest BCUT2D eigenvalue weighted by Gasteiger charge is 2.29. The lowest BCUT2D eigenvalue weighted by Gasteiger charge is -2.20. The minimum atomic E-state index is -0.858. The van der Waals surface area contributed by atoms with Crippen molar-refractivity contribution in [2.45, 2.75) is 38.3 Å². The van der Waals surface area contributed by atoms with Crippen LogP contribution in [0.4, 0.5) is 0 Å². The molecule has 0 saturated carbocycles. The molecule has 3 unspecified atom stereocenters. The van der Waals surface area contributed by atoms with Crippen LogP contribution in [0.5, 0.6) is 0 Å². The van der Waals surface area contributed by atoms with E-state index in [1.54, 1.807) is 0 Å². The van der Waals surface area contributed by atoms with Crippen LogP contribution in [-0.4, -0.2) is 29.7 Å². The first-order valence-corrected chi connectivity index (χ1v) is 7.25. The van der Waals surface area contributed by atoms with Gasteiger partial charge < -0.3 is 15.2 Å². The second-order valence-electron chi connectivity index (χ2n) is 5.48. The van der Waals surface area contributed by atoms with Gasteiger partial charge in [0.2, 0.25) is 5.91 Å². The van der Waals surface area contributed by atoms with E-state index in [1.807, 2.05) is 37.3 Å². The quantitative estimate of drug-likeness (QED) is 0.842. The fourth-order valence-corrected chi connectivity index (χ4v) is 2.56. The average Bonchev–Trinajstić information content (AvgIpc) is 2.90. The minimum Gasteiger partial charge on any atom is -0.481 e. The summed E-state index contributed by atoms with van der Waals surface area (Å²) in [4.78, 5) is 23.1. The summed E-state index contributed by atoms with van der Waals surface area (Å²) in [6, 6.07) is 9.20. The topological polar surface area (TPSA) is 75.6 Å². The minimum absolute atomic E-state index is 0.0252. The Morgan fingerprint density at radius 1 is 1.38 bits per heavy atom. The molecule has 1 fully saturated rings. The van der Waals surface area contributed by atoms with Crippen molar-refractivity contribution in [2.24, 2.45) is 5.92 Å². The van der Waals surface area contributed by atoms with Gasteiger partial charge in [0.05, 0.1) is 24.7 Å². The van der Waals surface area contributed by atoms with Gasteiger partial charge in [-0.1, -0.05) is 30.3 Å². The number of ether oxygens (including phenoxy) is 1. The lowest BCUT2D eigenvalue weighted by Crippen LogP contribution is -2.34. The predicted molar refractivity (Wildman–Crippen MR) is 77.7 cm³/mol. The number of carbonyl (C=O) groups excluding carboxylic acids is 1. The third kappa shape index (κ3) is 4.56. The Balaban J connectivity index is 2.01. The molecule has 2 N–H and O–H groups in total. The molecule has 1 aromatic carbocycles. The van der Waals surface area contributed by atoms with Crippen molar-refractivity contribution in [3.63, 3.8) is 0 Å². The molecule has 1 amide bonds. The highest BCUT2D eigenvalue weighted by Crippen LogP contribution is 2.23. The molecular formula is C16H21NO4. The van der Waals surface area contributed by atoms with Gasteiger partial charge in [-0.15, -0.1) is 0 Å². The van der Waals surface area contributed by atoms with Crippen molar-refractivity contribution < 1.29 is 19.4 Å². The first-order valence-electron chi connectivity index (χ1n) is 7.25. The van der Waals surface area contributed by atoms with Crippen molar-refractivity contribution in [3.05, 3.63) is 35.9 Å². The van der Waals surface area contributed by atoms with Crippen LogP contribution in [0.3, 0.4) is 0 Å². The summed E-state index contributed by atoms with van der Waals surface area (Å²) in [5.74, 6) is -1.06. The number of aliphatic carboxylic acids is 1. The highest BCUT2D eigenvalue weighted by atomic mass is 16.5. The first-order chi connectivity index (χ1) is 10.1. The molecule has 1 saturated heterocycles. The summed E-state index contributed by atoms with van der Waals surface area (Å²) in [6.45, 7) is 2.39.